The molecule has 88 valence electrons. The minimum Gasteiger partial charge on any atom is -0.384 e. The molecule has 4 nitrogen and oxygen atoms in total. The van der Waals surface area contributed by atoms with E-state index in [0.717, 1.165) is 29.7 Å². The van der Waals surface area contributed by atoms with Crippen LogP contribution in [0.5, 0.6) is 0 Å². The molecule has 0 amide bonds. The molecule has 4 heteroatoms. The lowest BCUT2D eigenvalue weighted by Crippen LogP contribution is -2.01. The molecular weight excluding hydrogens is 212 g/mol. The van der Waals surface area contributed by atoms with Crippen LogP contribution in [0.25, 0.3) is 11.4 Å². The number of nitrogens with zero attached hydrogens (tertiary/aromatic N) is 3. The number of nitrogens with two attached hydrogens (primary N) is 1. The van der Waals surface area contributed by atoms with Crippen LogP contribution in [-0.4, -0.2) is 15.0 Å². The Morgan fingerprint density at radius 3 is 2.82 bits per heavy atom. The number of aromatic nitrogens is 3. The van der Waals surface area contributed by atoms with Crippen molar-refractivity contribution in [2.45, 2.75) is 26.7 Å². The Hall–Kier alpha value is -1.97. The first kappa shape index (κ1) is 11.5. The zero-order chi connectivity index (χ0) is 12.3. The summed E-state index contributed by atoms with van der Waals surface area (Å²) >= 11 is 0. The molecule has 0 saturated heterocycles. The Morgan fingerprint density at radius 1 is 1.29 bits per heavy atom. The molecule has 0 unspecified atom stereocenters. The molecule has 0 aromatic carbocycles. The summed E-state index contributed by atoms with van der Waals surface area (Å²) in [6.07, 6.45) is 5.50. The second kappa shape index (κ2) is 4.91. The van der Waals surface area contributed by atoms with Crippen LogP contribution < -0.4 is 5.73 Å². The molecule has 2 aromatic rings. The third kappa shape index (κ3) is 2.58. The molecule has 0 fully saturated rings. The molecule has 2 heterocycles. The van der Waals surface area contributed by atoms with E-state index < -0.39 is 0 Å². The van der Waals surface area contributed by atoms with Crippen molar-refractivity contribution in [3.8, 4) is 11.4 Å². The highest BCUT2D eigenvalue weighted by molar-refractivity contribution is 5.59. The van der Waals surface area contributed by atoms with E-state index in [-0.39, 0.29) is 0 Å². The summed E-state index contributed by atoms with van der Waals surface area (Å²) in [4.78, 5) is 12.9. The van der Waals surface area contributed by atoms with E-state index in [2.05, 4.69) is 21.9 Å². The van der Waals surface area contributed by atoms with Crippen LogP contribution in [0, 0.1) is 6.92 Å². The molecule has 0 aliphatic rings. The van der Waals surface area contributed by atoms with Gasteiger partial charge in [0.25, 0.3) is 0 Å². The summed E-state index contributed by atoms with van der Waals surface area (Å²) in [5.41, 5.74) is 8.84. The SMILES string of the molecule is CCCc1cc(N)nc(-c2cnccc2C)n1. The van der Waals surface area contributed by atoms with Crippen molar-refractivity contribution >= 4 is 5.82 Å². The highest BCUT2D eigenvalue weighted by Gasteiger charge is 2.07. The van der Waals surface area contributed by atoms with E-state index in [9.17, 15) is 0 Å². The van der Waals surface area contributed by atoms with Crippen molar-refractivity contribution in [2.24, 2.45) is 0 Å². The van der Waals surface area contributed by atoms with Gasteiger partial charge in [-0.3, -0.25) is 4.98 Å². The summed E-state index contributed by atoms with van der Waals surface area (Å²) in [7, 11) is 0. The second-order valence-electron chi connectivity index (χ2n) is 4.05. The van der Waals surface area contributed by atoms with Gasteiger partial charge in [0, 0.05) is 29.7 Å². The molecule has 0 radical (unpaired) electrons. The van der Waals surface area contributed by atoms with Gasteiger partial charge >= 0.3 is 0 Å². The average Bonchev–Trinajstić information content (AvgIpc) is 2.29. The summed E-state index contributed by atoms with van der Waals surface area (Å²) in [5.74, 6) is 1.18. The van der Waals surface area contributed by atoms with Crippen LogP contribution in [0.4, 0.5) is 5.82 Å². The lowest BCUT2D eigenvalue weighted by molar-refractivity contribution is 0.876. The van der Waals surface area contributed by atoms with Crippen molar-refractivity contribution in [2.75, 3.05) is 5.73 Å². The van der Waals surface area contributed by atoms with Gasteiger partial charge < -0.3 is 5.73 Å². The second-order valence-corrected chi connectivity index (χ2v) is 4.05. The van der Waals surface area contributed by atoms with Crippen molar-refractivity contribution < 1.29 is 0 Å². The van der Waals surface area contributed by atoms with E-state index in [1.807, 2.05) is 19.1 Å². The van der Waals surface area contributed by atoms with Gasteiger partial charge in [-0.1, -0.05) is 13.3 Å². The Morgan fingerprint density at radius 2 is 2.12 bits per heavy atom. The zero-order valence-electron chi connectivity index (χ0n) is 10.1. The third-order valence-electron chi connectivity index (χ3n) is 2.59. The number of hydrogen-bond donors (Lipinski definition) is 1. The molecule has 0 spiro atoms. The molecule has 0 bridgehead atoms. The molecule has 0 aliphatic carbocycles. The van der Waals surface area contributed by atoms with Gasteiger partial charge in [-0.15, -0.1) is 0 Å². The maximum absolute atomic E-state index is 5.81. The van der Waals surface area contributed by atoms with E-state index >= 15 is 0 Å². The lowest BCUT2D eigenvalue weighted by atomic mass is 10.1. The predicted octanol–water partition coefficient (Wildman–Crippen LogP) is 2.38. The first-order valence-corrected chi connectivity index (χ1v) is 5.75. The van der Waals surface area contributed by atoms with Crippen molar-refractivity contribution in [1.82, 2.24) is 15.0 Å². The van der Waals surface area contributed by atoms with Gasteiger partial charge in [0.1, 0.15) is 5.82 Å². The van der Waals surface area contributed by atoms with E-state index in [1.54, 1.807) is 12.4 Å². The van der Waals surface area contributed by atoms with Crippen molar-refractivity contribution in [1.29, 1.82) is 0 Å². The summed E-state index contributed by atoms with van der Waals surface area (Å²) in [5, 5.41) is 0. The molecule has 17 heavy (non-hydrogen) atoms. The molecule has 0 saturated carbocycles. The monoisotopic (exact) mass is 228 g/mol. The Bertz CT molecular complexity index is 523. The first-order valence-electron chi connectivity index (χ1n) is 5.75. The average molecular weight is 228 g/mol. The molecule has 0 atom stereocenters. The van der Waals surface area contributed by atoms with Gasteiger partial charge in [-0.2, -0.15) is 0 Å². The standard InChI is InChI=1S/C13H16N4/c1-3-4-10-7-12(14)17-13(16-10)11-8-15-6-5-9(11)2/h5-8H,3-4H2,1-2H3,(H2,14,16,17). The maximum atomic E-state index is 5.81. The molecular formula is C13H16N4. The van der Waals surface area contributed by atoms with Crippen LogP contribution in [0.1, 0.15) is 24.6 Å². The van der Waals surface area contributed by atoms with Gasteiger partial charge in [-0.25, -0.2) is 9.97 Å². The van der Waals surface area contributed by atoms with Gasteiger partial charge in [0.15, 0.2) is 5.82 Å². The largest absolute Gasteiger partial charge is 0.384 e. The highest BCUT2D eigenvalue weighted by atomic mass is 14.9. The van der Waals surface area contributed by atoms with Crippen LogP contribution in [0.15, 0.2) is 24.5 Å². The van der Waals surface area contributed by atoms with E-state index in [1.165, 1.54) is 0 Å². The third-order valence-corrected chi connectivity index (χ3v) is 2.59. The fraction of sp³-hybridized carbons (Fsp3) is 0.308. The quantitative estimate of drug-likeness (QED) is 0.876. The van der Waals surface area contributed by atoms with E-state index in [0.29, 0.717) is 11.6 Å². The summed E-state index contributed by atoms with van der Waals surface area (Å²) in [6, 6.07) is 3.78. The number of nitrogen functional groups attached to an aromatic ring is 1. The zero-order valence-corrected chi connectivity index (χ0v) is 10.1. The minimum atomic E-state index is 0.515. The topological polar surface area (TPSA) is 64.7 Å². The van der Waals surface area contributed by atoms with Gasteiger partial charge in [-0.05, 0) is 25.0 Å². The van der Waals surface area contributed by atoms with Gasteiger partial charge in [0.2, 0.25) is 0 Å². The summed E-state index contributed by atoms with van der Waals surface area (Å²) < 4.78 is 0. The smallest absolute Gasteiger partial charge is 0.163 e. The molecule has 2 aromatic heterocycles. The number of anilines is 1. The Kier molecular flexibility index (Phi) is 3.32. The lowest BCUT2D eigenvalue weighted by Gasteiger charge is -2.06. The number of pyridine rings is 1. The van der Waals surface area contributed by atoms with Crippen molar-refractivity contribution in [3.05, 3.63) is 35.8 Å². The fourth-order valence-electron chi connectivity index (χ4n) is 1.72. The normalized spacial score (nSPS) is 10.5. The molecule has 0 aliphatic heterocycles. The summed E-state index contributed by atoms with van der Waals surface area (Å²) in [6.45, 7) is 4.14. The van der Waals surface area contributed by atoms with Crippen LogP contribution >= 0.6 is 0 Å². The van der Waals surface area contributed by atoms with Crippen LogP contribution in [-0.2, 0) is 6.42 Å². The predicted molar refractivity (Wildman–Crippen MR) is 68.4 cm³/mol. The van der Waals surface area contributed by atoms with Crippen LogP contribution in [0.2, 0.25) is 0 Å². The minimum absolute atomic E-state index is 0.515. The molecule has 2 N–H and O–H groups in total. The first-order chi connectivity index (χ1) is 8.20. The maximum Gasteiger partial charge on any atom is 0.163 e. The van der Waals surface area contributed by atoms with E-state index in [4.69, 9.17) is 5.73 Å². The number of aryl methyl sites for hydroxylation is 2. The van der Waals surface area contributed by atoms with Crippen molar-refractivity contribution in [3.63, 3.8) is 0 Å². The van der Waals surface area contributed by atoms with Crippen LogP contribution in [0.3, 0.4) is 0 Å². The fourth-order valence-corrected chi connectivity index (χ4v) is 1.72. The Labute approximate surface area is 101 Å². The highest BCUT2D eigenvalue weighted by Crippen LogP contribution is 2.20. The van der Waals surface area contributed by atoms with Gasteiger partial charge in [0.05, 0.1) is 0 Å². The number of hydrogen-bond acceptors (Lipinski definition) is 4. The Balaban J connectivity index is 2.48. The molecule has 2 rings (SSSR count). The number of rotatable bonds is 3.